The zero-order valence-electron chi connectivity index (χ0n) is 17.8. The smallest absolute Gasteiger partial charge is 0.344 e. The van der Waals surface area contributed by atoms with E-state index in [9.17, 15) is 14.7 Å². The normalized spacial score (nSPS) is 15.0. The maximum Gasteiger partial charge on any atom is 0.344 e. The minimum Gasteiger partial charge on any atom is -0.507 e. The fraction of sp³-hybridized carbons (Fsp3) is 0.417. The lowest BCUT2D eigenvalue weighted by atomic mass is 10.0. The van der Waals surface area contributed by atoms with Crippen molar-refractivity contribution in [3.8, 4) is 23.0 Å². The predicted octanol–water partition coefficient (Wildman–Crippen LogP) is 4.17. The molecule has 0 aromatic heterocycles. The van der Waals surface area contributed by atoms with E-state index in [-0.39, 0.29) is 11.5 Å². The van der Waals surface area contributed by atoms with Gasteiger partial charge in [-0.25, -0.2) is 4.79 Å². The van der Waals surface area contributed by atoms with E-state index in [4.69, 9.17) is 19.3 Å². The van der Waals surface area contributed by atoms with Gasteiger partial charge in [-0.1, -0.05) is 19.4 Å². The largest absolute Gasteiger partial charge is 0.507 e. The molecule has 0 amide bonds. The third-order valence-corrected chi connectivity index (χ3v) is 5.19. The molecule has 31 heavy (non-hydrogen) atoms. The maximum atomic E-state index is 11.7. The quantitative estimate of drug-likeness (QED) is 0.432. The van der Waals surface area contributed by atoms with Crippen LogP contribution >= 0.6 is 0 Å². The standard InChI is InChI=1S/C24H28O7/c1-3-5-19-20(11-9-18(15(2)25)23(19)26)30-13-4-12-29-17-8-6-16-7-10-21(24(27)28)31-22(16)14-17/h6,8-9,11,14,21,26H,3-5,7,10,12-13H2,1-2H3,(H,27,28). The molecule has 0 radical (unpaired) electrons. The molecule has 0 spiro atoms. The number of phenols is 1. The van der Waals surface area contributed by atoms with Crippen LogP contribution < -0.4 is 14.2 Å². The van der Waals surface area contributed by atoms with Gasteiger partial charge < -0.3 is 24.4 Å². The molecule has 1 unspecified atom stereocenters. The first-order valence-electron chi connectivity index (χ1n) is 10.5. The molecule has 0 saturated carbocycles. The third-order valence-electron chi connectivity index (χ3n) is 5.19. The van der Waals surface area contributed by atoms with Crippen molar-refractivity contribution >= 4 is 11.8 Å². The number of ether oxygens (including phenoxy) is 3. The van der Waals surface area contributed by atoms with E-state index in [0.29, 0.717) is 67.3 Å². The zero-order chi connectivity index (χ0) is 22.4. The molecule has 2 N–H and O–H groups in total. The van der Waals surface area contributed by atoms with Crippen LogP contribution in [-0.4, -0.2) is 41.3 Å². The molecule has 0 saturated heterocycles. The van der Waals surface area contributed by atoms with Crippen LogP contribution in [-0.2, 0) is 17.6 Å². The van der Waals surface area contributed by atoms with Gasteiger partial charge >= 0.3 is 5.97 Å². The van der Waals surface area contributed by atoms with Crippen LogP contribution in [0.15, 0.2) is 30.3 Å². The van der Waals surface area contributed by atoms with Gasteiger partial charge in [0.05, 0.1) is 18.8 Å². The number of carboxylic acid groups (broad SMARTS) is 1. The van der Waals surface area contributed by atoms with Crippen molar-refractivity contribution in [3.63, 3.8) is 0 Å². The molecule has 3 rings (SSSR count). The lowest BCUT2D eigenvalue weighted by Crippen LogP contribution is -2.30. The van der Waals surface area contributed by atoms with Gasteiger partial charge in [-0.3, -0.25) is 4.79 Å². The number of hydrogen-bond acceptors (Lipinski definition) is 6. The average molecular weight is 428 g/mol. The van der Waals surface area contributed by atoms with Crippen molar-refractivity contribution in [2.24, 2.45) is 0 Å². The number of ketones is 1. The van der Waals surface area contributed by atoms with E-state index in [1.54, 1.807) is 18.2 Å². The summed E-state index contributed by atoms with van der Waals surface area (Å²) in [6.45, 7) is 4.22. The first-order chi connectivity index (χ1) is 14.9. The highest BCUT2D eigenvalue weighted by atomic mass is 16.5. The second-order valence-corrected chi connectivity index (χ2v) is 7.55. The maximum absolute atomic E-state index is 11.7. The Morgan fingerprint density at radius 3 is 2.65 bits per heavy atom. The summed E-state index contributed by atoms with van der Waals surface area (Å²) in [5, 5.41) is 19.5. The second-order valence-electron chi connectivity index (χ2n) is 7.55. The number of carbonyl (C=O) groups excluding carboxylic acids is 1. The van der Waals surface area contributed by atoms with Crippen molar-refractivity contribution in [1.82, 2.24) is 0 Å². The fourth-order valence-electron chi connectivity index (χ4n) is 3.57. The Balaban J connectivity index is 1.53. The molecule has 1 heterocycles. The second kappa shape index (κ2) is 10.2. The number of carbonyl (C=O) groups is 2. The van der Waals surface area contributed by atoms with E-state index < -0.39 is 12.1 Å². The Hall–Kier alpha value is -3.22. The molecule has 2 aromatic rings. The highest BCUT2D eigenvalue weighted by Gasteiger charge is 2.25. The molecule has 166 valence electrons. The fourth-order valence-corrected chi connectivity index (χ4v) is 3.57. The lowest BCUT2D eigenvalue weighted by Gasteiger charge is -2.23. The van der Waals surface area contributed by atoms with Crippen molar-refractivity contribution < 1.29 is 34.0 Å². The molecule has 1 aliphatic rings. The minimum atomic E-state index is -0.959. The van der Waals surface area contributed by atoms with Gasteiger partial charge in [0.15, 0.2) is 11.9 Å². The Bertz CT molecular complexity index is 951. The molecule has 2 aromatic carbocycles. The topological polar surface area (TPSA) is 102 Å². The lowest BCUT2D eigenvalue weighted by molar-refractivity contribution is -0.145. The van der Waals surface area contributed by atoms with Gasteiger partial charge in [-0.2, -0.15) is 0 Å². The zero-order valence-corrected chi connectivity index (χ0v) is 17.8. The molecular weight excluding hydrogens is 400 g/mol. The van der Waals surface area contributed by atoms with Gasteiger partial charge in [-0.15, -0.1) is 0 Å². The van der Waals surface area contributed by atoms with Crippen LogP contribution in [0.3, 0.4) is 0 Å². The molecule has 1 atom stereocenters. The summed E-state index contributed by atoms with van der Waals surface area (Å²) in [5.41, 5.74) is 1.93. The highest BCUT2D eigenvalue weighted by molar-refractivity contribution is 5.97. The van der Waals surface area contributed by atoms with Gasteiger partial charge in [0.2, 0.25) is 0 Å². The number of phenolic OH excluding ortho intramolecular Hbond substituents is 1. The van der Waals surface area contributed by atoms with Crippen LogP contribution in [0.4, 0.5) is 0 Å². The summed E-state index contributed by atoms with van der Waals surface area (Å²) in [5.74, 6) is 0.595. The van der Waals surface area contributed by atoms with E-state index in [1.807, 2.05) is 19.1 Å². The Morgan fingerprint density at radius 1 is 1.16 bits per heavy atom. The van der Waals surface area contributed by atoms with Gasteiger partial charge in [-0.05, 0) is 49.9 Å². The van der Waals surface area contributed by atoms with Gasteiger partial charge in [0.25, 0.3) is 0 Å². The van der Waals surface area contributed by atoms with Crippen molar-refractivity contribution in [2.45, 2.75) is 52.1 Å². The van der Waals surface area contributed by atoms with Crippen LogP contribution in [0.1, 0.15) is 54.6 Å². The SMILES string of the molecule is CCCc1c(OCCCOc2ccc3c(c2)OC(C(=O)O)CC3)ccc(C(C)=O)c1O. The summed E-state index contributed by atoms with van der Waals surface area (Å²) in [6.07, 6.45) is 2.34. The molecule has 0 aliphatic carbocycles. The van der Waals surface area contributed by atoms with Crippen molar-refractivity contribution in [1.29, 1.82) is 0 Å². The van der Waals surface area contributed by atoms with Gasteiger partial charge in [0, 0.05) is 18.1 Å². The molecule has 7 heteroatoms. The first kappa shape index (κ1) is 22.5. The molecule has 7 nitrogen and oxygen atoms in total. The first-order valence-corrected chi connectivity index (χ1v) is 10.5. The Labute approximate surface area is 181 Å². The van der Waals surface area contributed by atoms with E-state index in [2.05, 4.69) is 0 Å². The Kier molecular flexibility index (Phi) is 7.39. The van der Waals surface area contributed by atoms with Crippen molar-refractivity contribution in [2.75, 3.05) is 13.2 Å². The molecular formula is C24H28O7. The summed E-state index contributed by atoms with van der Waals surface area (Å²) in [6, 6.07) is 8.78. The molecule has 0 bridgehead atoms. The van der Waals surface area contributed by atoms with Crippen LogP contribution in [0, 0.1) is 0 Å². The number of aliphatic carboxylic acids is 1. The van der Waals surface area contributed by atoms with E-state index in [1.165, 1.54) is 6.92 Å². The number of fused-ring (bicyclic) bond motifs is 1. The average Bonchev–Trinajstić information content (AvgIpc) is 2.74. The summed E-state index contributed by atoms with van der Waals surface area (Å²) < 4.78 is 17.1. The predicted molar refractivity (Wildman–Crippen MR) is 115 cm³/mol. The number of aryl methyl sites for hydroxylation is 1. The highest BCUT2D eigenvalue weighted by Crippen LogP contribution is 2.33. The van der Waals surface area contributed by atoms with Crippen molar-refractivity contribution in [3.05, 3.63) is 47.0 Å². The Morgan fingerprint density at radius 2 is 1.94 bits per heavy atom. The summed E-state index contributed by atoms with van der Waals surface area (Å²) in [7, 11) is 0. The molecule has 1 aliphatic heterocycles. The van der Waals surface area contributed by atoms with E-state index in [0.717, 1.165) is 12.0 Å². The number of aromatic hydroxyl groups is 1. The number of benzene rings is 2. The summed E-state index contributed by atoms with van der Waals surface area (Å²) >= 11 is 0. The summed E-state index contributed by atoms with van der Waals surface area (Å²) in [4.78, 5) is 22.8. The van der Waals surface area contributed by atoms with Crippen LogP contribution in [0.5, 0.6) is 23.0 Å². The van der Waals surface area contributed by atoms with Crippen LogP contribution in [0.25, 0.3) is 0 Å². The number of rotatable bonds is 10. The number of hydrogen-bond donors (Lipinski definition) is 2. The van der Waals surface area contributed by atoms with E-state index >= 15 is 0 Å². The minimum absolute atomic E-state index is 0.00294. The van der Waals surface area contributed by atoms with Crippen LogP contribution in [0.2, 0.25) is 0 Å². The number of Topliss-reactive ketones (excluding diaryl/α,β-unsaturated/α-hetero) is 1. The third kappa shape index (κ3) is 5.48. The molecule has 0 fully saturated rings. The number of carboxylic acids is 1. The monoisotopic (exact) mass is 428 g/mol. The van der Waals surface area contributed by atoms with Gasteiger partial charge in [0.1, 0.15) is 23.0 Å².